The van der Waals surface area contributed by atoms with Crippen molar-refractivity contribution in [3.63, 3.8) is 0 Å². The summed E-state index contributed by atoms with van der Waals surface area (Å²) in [4.78, 5) is 9.13. The summed E-state index contributed by atoms with van der Waals surface area (Å²) >= 11 is 0. The van der Waals surface area contributed by atoms with Gasteiger partial charge in [-0.25, -0.2) is 4.39 Å². The minimum absolute atomic E-state index is 0. The number of hydrogen-bond acceptors (Lipinski definition) is 3. The van der Waals surface area contributed by atoms with Crippen molar-refractivity contribution < 1.29 is 33.4 Å². The maximum atomic E-state index is 13.1. The third-order valence-corrected chi connectivity index (χ3v) is 4.22. The number of carbonyl (C=O) groups is 1. The summed E-state index contributed by atoms with van der Waals surface area (Å²) in [6.45, 7) is 0.0564. The molecule has 0 radical (unpaired) electrons. The van der Waals surface area contributed by atoms with Gasteiger partial charge >= 0.3 is 10.2 Å². The van der Waals surface area contributed by atoms with Crippen LogP contribution in [0, 0.1) is 11.7 Å². The average Bonchev–Trinajstić information content (AvgIpc) is 2.75. The molecule has 134 valence electrons. The number of halogens is 7. The van der Waals surface area contributed by atoms with Crippen LogP contribution in [-0.2, 0) is 9.53 Å². The van der Waals surface area contributed by atoms with Crippen LogP contribution in [0.25, 0.3) is 0 Å². The Kier molecular flexibility index (Phi) is 4.69. The second-order valence-corrected chi connectivity index (χ2v) is 7.29. The van der Waals surface area contributed by atoms with Crippen LogP contribution in [-0.4, -0.2) is 25.2 Å². The van der Waals surface area contributed by atoms with Crippen molar-refractivity contribution in [1.29, 1.82) is 0 Å². The van der Waals surface area contributed by atoms with Gasteiger partial charge in [0.05, 0.1) is 19.1 Å². The summed E-state index contributed by atoms with van der Waals surface area (Å²) in [5.41, 5.74) is 4.96. The summed E-state index contributed by atoms with van der Waals surface area (Å²) in [6, 6.07) is 0.182. The number of carbonyl (C=O) groups excluding carboxylic acids is 1. The highest BCUT2D eigenvalue weighted by atomic mass is 35.5. The van der Waals surface area contributed by atoms with Gasteiger partial charge in [0.2, 0.25) is 5.91 Å². The normalized spacial score (nSPS) is 24.3. The number of nitrogens with two attached hydrogens (primary N) is 1. The second kappa shape index (κ2) is 5.43. The molecule has 0 aromatic heterocycles. The van der Waals surface area contributed by atoms with E-state index in [0.29, 0.717) is 0 Å². The van der Waals surface area contributed by atoms with Gasteiger partial charge in [-0.2, -0.15) is 0 Å². The molecule has 1 aromatic rings. The second-order valence-electron chi connectivity index (χ2n) is 4.91. The van der Waals surface area contributed by atoms with E-state index in [0.717, 1.165) is 6.07 Å². The largest absolute Gasteiger partial charge is 0.379 e. The number of hydrogen-bond donors (Lipinski definition) is 2. The molecule has 3 N–H and O–H groups in total. The molecule has 1 heterocycles. The van der Waals surface area contributed by atoms with Crippen molar-refractivity contribution >= 4 is 34.2 Å². The quantitative estimate of drug-likeness (QED) is 0.776. The first-order valence-electron chi connectivity index (χ1n) is 5.96. The van der Waals surface area contributed by atoms with Crippen LogP contribution in [0.3, 0.4) is 0 Å². The van der Waals surface area contributed by atoms with E-state index in [1.165, 1.54) is 0 Å². The van der Waals surface area contributed by atoms with Crippen molar-refractivity contribution in [3.8, 4) is 0 Å². The summed E-state index contributed by atoms with van der Waals surface area (Å²) in [6.07, 6.45) is 0. The molecule has 0 spiro atoms. The van der Waals surface area contributed by atoms with Crippen molar-refractivity contribution in [3.05, 3.63) is 24.0 Å². The SMILES string of the molecule is Cl.NC1COCC1C(=O)Nc1ccc(F)c(S(F)(F)(F)(F)F)c1. The Bertz CT molecular complexity index is 627. The number of nitrogens with one attached hydrogen (secondary N) is 1. The van der Waals surface area contributed by atoms with Crippen LogP contribution in [0.15, 0.2) is 23.1 Å². The number of amides is 1. The Morgan fingerprint density at radius 3 is 2.30 bits per heavy atom. The molecule has 23 heavy (non-hydrogen) atoms. The molecule has 2 atom stereocenters. The average molecular weight is 387 g/mol. The molecule has 0 bridgehead atoms. The first-order chi connectivity index (χ1) is 9.77. The van der Waals surface area contributed by atoms with Crippen LogP contribution in [0.5, 0.6) is 0 Å². The van der Waals surface area contributed by atoms with Crippen LogP contribution in [0.1, 0.15) is 0 Å². The maximum Gasteiger partial charge on any atom is 0.313 e. The Hall–Kier alpha value is -1.17. The van der Waals surface area contributed by atoms with Gasteiger partial charge in [-0.3, -0.25) is 4.79 Å². The fourth-order valence-corrected chi connectivity index (χ4v) is 2.74. The summed E-state index contributed by atoms with van der Waals surface area (Å²) in [5.74, 6) is -3.73. The topological polar surface area (TPSA) is 64.3 Å². The minimum Gasteiger partial charge on any atom is -0.379 e. The van der Waals surface area contributed by atoms with E-state index in [4.69, 9.17) is 10.5 Å². The molecule has 0 aliphatic carbocycles. The molecule has 1 saturated heterocycles. The Balaban J connectivity index is 0.00000264. The highest BCUT2D eigenvalue weighted by Gasteiger charge is 2.67. The molecule has 12 heteroatoms. The van der Waals surface area contributed by atoms with Gasteiger partial charge in [0.25, 0.3) is 0 Å². The van der Waals surface area contributed by atoms with E-state index >= 15 is 0 Å². The molecule has 1 aliphatic heterocycles. The lowest BCUT2D eigenvalue weighted by atomic mass is 10.0. The Morgan fingerprint density at radius 1 is 1.22 bits per heavy atom. The highest BCUT2D eigenvalue weighted by molar-refractivity contribution is 8.45. The molecule has 4 nitrogen and oxygen atoms in total. The number of anilines is 1. The van der Waals surface area contributed by atoms with Crippen molar-refractivity contribution in [2.45, 2.75) is 10.9 Å². The fourth-order valence-electron chi connectivity index (χ4n) is 1.95. The van der Waals surface area contributed by atoms with E-state index < -0.39 is 44.5 Å². The zero-order valence-electron chi connectivity index (χ0n) is 11.3. The van der Waals surface area contributed by atoms with E-state index in [1.54, 1.807) is 0 Å². The summed E-state index contributed by atoms with van der Waals surface area (Å²) in [5, 5.41) is 2.01. The van der Waals surface area contributed by atoms with E-state index in [9.17, 15) is 28.6 Å². The molecular formula is C11H13ClF6N2O2S. The first kappa shape index (κ1) is 19.9. The van der Waals surface area contributed by atoms with Gasteiger partial charge in [0.1, 0.15) is 10.7 Å². The van der Waals surface area contributed by atoms with Crippen LogP contribution in [0.4, 0.5) is 29.5 Å². The van der Waals surface area contributed by atoms with Gasteiger partial charge in [-0.15, -0.1) is 12.4 Å². The zero-order valence-corrected chi connectivity index (χ0v) is 12.9. The summed E-state index contributed by atoms with van der Waals surface area (Å²) < 4.78 is 81.5. The lowest BCUT2D eigenvalue weighted by Crippen LogP contribution is -2.37. The maximum absolute atomic E-state index is 13.1. The third kappa shape index (κ3) is 4.66. The molecule has 1 fully saturated rings. The van der Waals surface area contributed by atoms with Gasteiger partial charge in [0, 0.05) is 11.7 Å². The van der Waals surface area contributed by atoms with Gasteiger partial charge in [-0.05, 0) is 18.2 Å². The van der Waals surface area contributed by atoms with Gasteiger partial charge < -0.3 is 15.8 Å². The molecule has 2 rings (SSSR count). The predicted octanol–water partition coefficient (Wildman–Crippen LogP) is 3.82. The predicted molar refractivity (Wildman–Crippen MR) is 76.0 cm³/mol. The molecule has 2 unspecified atom stereocenters. The lowest BCUT2D eigenvalue weighted by Gasteiger charge is -2.40. The fraction of sp³-hybridized carbons (Fsp3) is 0.364. The van der Waals surface area contributed by atoms with E-state index in [1.807, 2.05) is 5.32 Å². The van der Waals surface area contributed by atoms with Gasteiger partial charge in [0.15, 0.2) is 0 Å². The van der Waals surface area contributed by atoms with Crippen LogP contribution >= 0.6 is 22.6 Å². The van der Waals surface area contributed by atoms with Crippen LogP contribution < -0.4 is 11.1 Å². The van der Waals surface area contributed by atoms with E-state index in [-0.39, 0.29) is 37.8 Å². The molecule has 1 amide bonds. The Morgan fingerprint density at radius 2 is 1.83 bits per heavy atom. The molecule has 0 saturated carbocycles. The van der Waals surface area contributed by atoms with E-state index in [2.05, 4.69) is 0 Å². The van der Waals surface area contributed by atoms with Gasteiger partial charge in [-0.1, -0.05) is 19.4 Å². The Labute approximate surface area is 133 Å². The summed E-state index contributed by atoms with van der Waals surface area (Å²) in [7, 11) is -10.2. The number of benzene rings is 1. The standard InChI is InChI=1S/C11H12F6N2O2S.ClH/c12-8-2-1-6(3-10(8)22(13,14,15,16)17)19-11(20)7-4-21-5-9(7)18;/h1-3,7,9H,4-5,18H2,(H,19,20);1H. The number of rotatable bonds is 3. The smallest absolute Gasteiger partial charge is 0.313 e. The molecular weight excluding hydrogens is 374 g/mol. The monoisotopic (exact) mass is 386 g/mol. The van der Waals surface area contributed by atoms with Crippen molar-refractivity contribution in [1.82, 2.24) is 0 Å². The van der Waals surface area contributed by atoms with Crippen molar-refractivity contribution in [2.24, 2.45) is 11.7 Å². The van der Waals surface area contributed by atoms with Crippen LogP contribution in [0.2, 0.25) is 0 Å². The first-order valence-corrected chi connectivity index (χ1v) is 7.91. The molecule has 1 aromatic carbocycles. The minimum atomic E-state index is -10.2. The zero-order chi connectivity index (χ0) is 16.8. The molecule has 1 aliphatic rings. The lowest BCUT2D eigenvalue weighted by molar-refractivity contribution is -0.120. The van der Waals surface area contributed by atoms with Crippen molar-refractivity contribution in [2.75, 3.05) is 18.5 Å². The third-order valence-electron chi connectivity index (χ3n) is 3.08. The number of ether oxygens (including phenoxy) is 1. The highest BCUT2D eigenvalue weighted by Crippen LogP contribution is 3.02.